The first-order valence-corrected chi connectivity index (χ1v) is 3.73. The summed E-state index contributed by atoms with van der Waals surface area (Å²) in [5.74, 6) is -15.4. The average Bonchev–Trinajstić information content (AvgIpc) is 2.17. The van der Waals surface area contributed by atoms with Crippen LogP contribution in [0.4, 0.5) is 22.0 Å². The van der Waals surface area contributed by atoms with Crippen molar-refractivity contribution >= 4 is 11.8 Å². The van der Waals surface area contributed by atoms with Gasteiger partial charge in [-0.1, -0.05) is 0 Å². The van der Waals surface area contributed by atoms with Crippen molar-refractivity contribution in [2.45, 2.75) is 18.8 Å². The van der Waals surface area contributed by atoms with Crippen molar-refractivity contribution in [1.29, 1.82) is 0 Å². The Morgan fingerprint density at radius 3 is 2.00 bits per heavy atom. The molecule has 0 heterocycles. The van der Waals surface area contributed by atoms with Crippen LogP contribution in [0.25, 0.3) is 0 Å². The van der Waals surface area contributed by atoms with Crippen LogP contribution in [0.2, 0.25) is 0 Å². The van der Waals surface area contributed by atoms with Crippen LogP contribution in [0, 0.1) is 0 Å². The van der Waals surface area contributed by atoms with Gasteiger partial charge >= 0.3 is 17.8 Å². The predicted octanol–water partition coefficient (Wildman–Crippen LogP) is 1.36. The van der Waals surface area contributed by atoms with E-state index < -0.39 is 36.9 Å². The molecular formula is C7H7F5O3. The second kappa shape index (κ2) is 4.54. The van der Waals surface area contributed by atoms with Crippen LogP contribution >= 0.6 is 0 Å². The van der Waals surface area contributed by atoms with E-state index in [1.165, 1.54) is 0 Å². The third kappa shape index (κ3) is 2.87. The van der Waals surface area contributed by atoms with Gasteiger partial charge in [-0.3, -0.25) is 4.79 Å². The highest BCUT2D eigenvalue weighted by atomic mass is 19.3. The number of esters is 1. The molecule has 0 rings (SSSR count). The van der Waals surface area contributed by atoms with Crippen LogP contribution in [-0.4, -0.2) is 36.9 Å². The zero-order valence-corrected chi connectivity index (χ0v) is 7.53. The van der Waals surface area contributed by atoms with Gasteiger partial charge in [0.25, 0.3) is 5.78 Å². The van der Waals surface area contributed by atoms with Crippen LogP contribution in [-0.2, 0) is 14.3 Å². The van der Waals surface area contributed by atoms with Crippen molar-refractivity contribution in [3.05, 3.63) is 0 Å². The van der Waals surface area contributed by atoms with Crippen molar-refractivity contribution in [2.75, 3.05) is 13.3 Å². The molecule has 0 spiro atoms. The van der Waals surface area contributed by atoms with Gasteiger partial charge in [-0.15, -0.1) is 0 Å². The van der Waals surface area contributed by atoms with Gasteiger partial charge in [-0.05, 0) is 6.92 Å². The van der Waals surface area contributed by atoms with Gasteiger partial charge in [-0.2, -0.15) is 17.6 Å². The van der Waals surface area contributed by atoms with Crippen LogP contribution in [0.1, 0.15) is 6.92 Å². The molecule has 0 aromatic carbocycles. The molecule has 0 bridgehead atoms. The smallest absolute Gasteiger partial charge is 0.406 e. The lowest BCUT2D eigenvalue weighted by molar-refractivity contribution is -0.189. The predicted molar refractivity (Wildman–Crippen MR) is 37.5 cm³/mol. The van der Waals surface area contributed by atoms with E-state index in [1.807, 2.05) is 0 Å². The lowest BCUT2D eigenvalue weighted by Gasteiger charge is -2.17. The Kier molecular flexibility index (Phi) is 4.17. The number of rotatable bonds is 5. The fraction of sp³-hybridized carbons (Fsp3) is 0.714. The summed E-state index contributed by atoms with van der Waals surface area (Å²) < 4.78 is 64.9. The van der Waals surface area contributed by atoms with Crippen LogP contribution < -0.4 is 0 Å². The van der Waals surface area contributed by atoms with E-state index in [0.717, 1.165) is 6.92 Å². The lowest BCUT2D eigenvalue weighted by Crippen LogP contribution is -2.49. The minimum atomic E-state index is -5.04. The standard InChI is InChI=1S/C7H7F5O3/c1-2-15-5(14)7(11,12)4(13)6(9,10)3-8/h2-3H2,1H3. The molecular weight excluding hydrogens is 227 g/mol. The topological polar surface area (TPSA) is 43.4 Å². The van der Waals surface area contributed by atoms with Crippen molar-refractivity contribution < 1.29 is 36.3 Å². The molecule has 0 aliphatic heterocycles. The molecule has 0 unspecified atom stereocenters. The maximum Gasteiger partial charge on any atom is 0.406 e. The third-order valence-corrected chi connectivity index (χ3v) is 1.32. The minimum absolute atomic E-state index is 0.511. The Labute approximate surface area is 81.2 Å². The van der Waals surface area contributed by atoms with E-state index in [-0.39, 0.29) is 0 Å². The number of ether oxygens (including phenoxy) is 1. The summed E-state index contributed by atoms with van der Waals surface area (Å²) in [6.07, 6.45) is 0. The second-order valence-corrected chi connectivity index (χ2v) is 2.46. The summed E-state index contributed by atoms with van der Waals surface area (Å²) >= 11 is 0. The van der Waals surface area contributed by atoms with E-state index in [1.54, 1.807) is 0 Å². The number of Topliss-reactive ketones (excluding diaryl/α,β-unsaturated/α-hetero) is 1. The minimum Gasteiger partial charge on any atom is -0.461 e. The van der Waals surface area contributed by atoms with Crippen molar-refractivity contribution in [3.63, 3.8) is 0 Å². The van der Waals surface area contributed by atoms with Crippen LogP contribution in [0.15, 0.2) is 0 Å². The number of carbonyl (C=O) groups excluding carboxylic acids is 2. The average molecular weight is 234 g/mol. The molecule has 0 aliphatic rings. The van der Waals surface area contributed by atoms with Crippen molar-refractivity contribution in [2.24, 2.45) is 0 Å². The van der Waals surface area contributed by atoms with E-state index in [0.29, 0.717) is 0 Å². The number of alkyl halides is 5. The summed E-state index contributed by atoms with van der Waals surface area (Å²) in [6, 6.07) is 0. The molecule has 0 radical (unpaired) electrons. The molecule has 8 heteroatoms. The summed E-state index contributed by atoms with van der Waals surface area (Å²) in [4.78, 5) is 20.8. The maximum atomic E-state index is 12.6. The second-order valence-electron chi connectivity index (χ2n) is 2.46. The SMILES string of the molecule is CCOC(=O)C(F)(F)C(=O)C(F)(F)CF. The number of halogens is 5. The zero-order chi connectivity index (χ0) is 12.3. The summed E-state index contributed by atoms with van der Waals surface area (Å²) in [5.41, 5.74) is 0. The Hall–Kier alpha value is -1.21. The first-order chi connectivity index (χ1) is 6.70. The molecule has 0 aliphatic carbocycles. The Morgan fingerprint density at radius 2 is 1.67 bits per heavy atom. The lowest BCUT2D eigenvalue weighted by atomic mass is 10.1. The molecule has 0 atom stereocenters. The summed E-state index contributed by atoms with van der Waals surface area (Å²) in [6.45, 7) is -1.96. The normalized spacial score (nSPS) is 12.4. The van der Waals surface area contributed by atoms with Gasteiger partial charge in [0.15, 0.2) is 6.67 Å². The Balaban J connectivity index is 4.88. The molecule has 15 heavy (non-hydrogen) atoms. The van der Waals surface area contributed by atoms with E-state index in [2.05, 4.69) is 4.74 Å². The molecule has 3 nitrogen and oxygen atoms in total. The molecule has 0 amide bonds. The highest BCUT2D eigenvalue weighted by Gasteiger charge is 2.59. The molecule has 0 aromatic rings. The first kappa shape index (κ1) is 13.8. The molecule has 0 N–H and O–H groups in total. The monoisotopic (exact) mass is 234 g/mol. The fourth-order valence-electron chi connectivity index (χ4n) is 0.605. The van der Waals surface area contributed by atoms with E-state index in [4.69, 9.17) is 0 Å². The number of ketones is 1. The maximum absolute atomic E-state index is 12.6. The van der Waals surface area contributed by atoms with Gasteiger partial charge in [0.05, 0.1) is 6.61 Å². The van der Waals surface area contributed by atoms with Gasteiger partial charge in [0, 0.05) is 0 Å². The molecule has 88 valence electrons. The Morgan fingerprint density at radius 1 is 1.20 bits per heavy atom. The number of carbonyl (C=O) groups is 2. The molecule has 0 fully saturated rings. The molecule has 0 saturated carbocycles. The summed E-state index contributed by atoms with van der Waals surface area (Å²) in [5, 5.41) is 0. The largest absolute Gasteiger partial charge is 0.461 e. The number of hydrogen-bond acceptors (Lipinski definition) is 3. The van der Waals surface area contributed by atoms with Gasteiger partial charge in [0.2, 0.25) is 0 Å². The molecule has 0 saturated heterocycles. The van der Waals surface area contributed by atoms with Gasteiger partial charge in [0.1, 0.15) is 0 Å². The highest BCUT2D eigenvalue weighted by Crippen LogP contribution is 2.28. The summed E-state index contributed by atoms with van der Waals surface area (Å²) in [7, 11) is 0. The fourth-order valence-corrected chi connectivity index (χ4v) is 0.605. The van der Waals surface area contributed by atoms with E-state index in [9.17, 15) is 31.5 Å². The van der Waals surface area contributed by atoms with Crippen LogP contribution in [0.3, 0.4) is 0 Å². The van der Waals surface area contributed by atoms with Gasteiger partial charge in [-0.25, -0.2) is 9.18 Å². The Bertz CT molecular complexity index is 263. The van der Waals surface area contributed by atoms with Gasteiger partial charge < -0.3 is 4.74 Å². The van der Waals surface area contributed by atoms with Crippen molar-refractivity contribution in [1.82, 2.24) is 0 Å². The number of hydrogen-bond donors (Lipinski definition) is 0. The highest BCUT2D eigenvalue weighted by molar-refractivity contribution is 6.08. The molecule has 0 aromatic heterocycles. The van der Waals surface area contributed by atoms with E-state index >= 15 is 0 Å². The quantitative estimate of drug-likeness (QED) is 0.410. The van der Waals surface area contributed by atoms with Crippen LogP contribution in [0.5, 0.6) is 0 Å². The first-order valence-electron chi connectivity index (χ1n) is 3.73. The van der Waals surface area contributed by atoms with Crippen molar-refractivity contribution in [3.8, 4) is 0 Å². The zero-order valence-electron chi connectivity index (χ0n) is 7.53. The third-order valence-electron chi connectivity index (χ3n) is 1.32.